The molecule has 1 aliphatic heterocycles. The topological polar surface area (TPSA) is 41.6 Å². The van der Waals surface area contributed by atoms with Crippen molar-refractivity contribution >= 4 is 21.8 Å². The van der Waals surface area contributed by atoms with Gasteiger partial charge in [0.25, 0.3) is 5.91 Å². The first-order valence-electron chi connectivity index (χ1n) is 6.91. The smallest absolute Gasteiger partial charge is 0.257 e. The first kappa shape index (κ1) is 15.3. The molecule has 1 atom stereocenters. The van der Waals surface area contributed by atoms with Crippen molar-refractivity contribution in [3.05, 3.63) is 28.2 Å². The molecule has 1 heterocycles. The van der Waals surface area contributed by atoms with Crippen molar-refractivity contribution < 1.29 is 9.53 Å². The number of nitrogens with one attached hydrogen (secondary N) is 1. The van der Waals surface area contributed by atoms with E-state index in [2.05, 4.69) is 21.2 Å². The summed E-state index contributed by atoms with van der Waals surface area (Å²) < 4.78 is 6.21. The fourth-order valence-corrected chi connectivity index (χ4v) is 2.94. The van der Waals surface area contributed by atoms with Crippen LogP contribution in [-0.2, 0) is 0 Å². The fraction of sp³-hybridized carbons (Fsp3) is 0.533. The van der Waals surface area contributed by atoms with Crippen LogP contribution in [0, 0.1) is 5.92 Å². The third-order valence-electron chi connectivity index (χ3n) is 3.67. The molecule has 0 aliphatic carbocycles. The predicted molar refractivity (Wildman–Crippen MR) is 83.2 cm³/mol. The Labute approximate surface area is 128 Å². The van der Waals surface area contributed by atoms with Crippen molar-refractivity contribution in [2.75, 3.05) is 33.8 Å². The van der Waals surface area contributed by atoms with Crippen LogP contribution < -0.4 is 10.1 Å². The highest BCUT2D eigenvalue weighted by molar-refractivity contribution is 9.10. The number of piperidine rings is 1. The lowest BCUT2D eigenvalue weighted by Gasteiger charge is -2.28. The minimum atomic E-state index is 0.0138. The predicted octanol–water partition coefficient (Wildman–Crippen LogP) is 2.53. The number of carbonyl (C=O) groups excluding carboxylic acids is 1. The van der Waals surface area contributed by atoms with Crippen LogP contribution in [0.15, 0.2) is 22.7 Å². The van der Waals surface area contributed by atoms with Crippen molar-refractivity contribution in [1.82, 2.24) is 10.2 Å². The molecule has 2 rings (SSSR count). The molecule has 1 fully saturated rings. The third kappa shape index (κ3) is 3.73. The van der Waals surface area contributed by atoms with Gasteiger partial charge < -0.3 is 15.0 Å². The summed E-state index contributed by atoms with van der Waals surface area (Å²) in [7, 11) is 3.45. The lowest BCUT2D eigenvalue weighted by molar-refractivity contribution is 0.0761. The lowest BCUT2D eigenvalue weighted by atomic mass is 9.99. The number of methoxy groups -OCH3 is 1. The first-order valence-corrected chi connectivity index (χ1v) is 7.71. The second-order valence-electron chi connectivity index (χ2n) is 5.24. The molecule has 4 nitrogen and oxygen atoms in total. The number of amides is 1. The van der Waals surface area contributed by atoms with Crippen molar-refractivity contribution in [3.8, 4) is 5.75 Å². The molecular formula is C15H21BrN2O2. The number of ether oxygens (including phenoxy) is 1. The number of hydrogen-bond donors (Lipinski definition) is 1. The maximum atomic E-state index is 12.5. The Balaban J connectivity index is 2.05. The van der Waals surface area contributed by atoms with Crippen molar-refractivity contribution in [2.45, 2.75) is 12.8 Å². The summed E-state index contributed by atoms with van der Waals surface area (Å²) in [5.74, 6) is 1.16. The molecule has 1 aromatic carbocycles. The molecule has 0 aromatic heterocycles. The number of benzene rings is 1. The molecule has 1 unspecified atom stereocenters. The van der Waals surface area contributed by atoms with Gasteiger partial charge in [-0.15, -0.1) is 0 Å². The molecule has 20 heavy (non-hydrogen) atoms. The summed E-state index contributed by atoms with van der Waals surface area (Å²) in [5.41, 5.74) is 0.613. The maximum absolute atomic E-state index is 12.5. The molecule has 0 spiro atoms. The number of carbonyl (C=O) groups is 1. The molecule has 1 aromatic rings. The van der Waals surface area contributed by atoms with Gasteiger partial charge in [0.15, 0.2) is 0 Å². The zero-order valence-corrected chi connectivity index (χ0v) is 13.6. The summed E-state index contributed by atoms with van der Waals surface area (Å²) in [6.45, 7) is 2.87. The first-order chi connectivity index (χ1) is 9.61. The Bertz CT molecular complexity index is 473. The quantitative estimate of drug-likeness (QED) is 0.915. The largest absolute Gasteiger partial charge is 0.496 e. The minimum Gasteiger partial charge on any atom is -0.496 e. The van der Waals surface area contributed by atoms with Gasteiger partial charge in [-0.25, -0.2) is 0 Å². The minimum absolute atomic E-state index is 0.0138. The SMILES string of the molecule is COc1cc(Br)ccc1C(=O)N(C)CC1CCCNC1. The van der Waals surface area contributed by atoms with Gasteiger partial charge in [0, 0.05) is 18.1 Å². The van der Waals surface area contributed by atoms with Gasteiger partial charge >= 0.3 is 0 Å². The monoisotopic (exact) mass is 340 g/mol. The van der Waals surface area contributed by atoms with Crippen LogP contribution >= 0.6 is 15.9 Å². The van der Waals surface area contributed by atoms with E-state index in [0.717, 1.165) is 24.1 Å². The van der Waals surface area contributed by atoms with E-state index in [0.29, 0.717) is 17.2 Å². The highest BCUT2D eigenvalue weighted by Gasteiger charge is 2.21. The molecule has 0 radical (unpaired) electrons. The van der Waals surface area contributed by atoms with Gasteiger partial charge in [0.2, 0.25) is 0 Å². The molecular weight excluding hydrogens is 320 g/mol. The Kier molecular flexibility index (Phi) is 5.43. The summed E-state index contributed by atoms with van der Waals surface area (Å²) in [6, 6.07) is 5.50. The molecule has 1 aliphatic rings. The Morgan fingerprint density at radius 3 is 3.00 bits per heavy atom. The highest BCUT2D eigenvalue weighted by atomic mass is 79.9. The van der Waals surface area contributed by atoms with Gasteiger partial charge in [-0.3, -0.25) is 4.79 Å². The molecule has 1 saturated heterocycles. The van der Waals surface area contributed by atoms with Gasteiger partial charge in [-0.05, 0) is 50.0 Å². The van der Waals surface area contributed by atoms with Gasteiger partial charge in [0.1, 0.15) is 5.75 Å². The maximum Gasteiger partial charge on any atom is 0.257 e. The third-order valence-corrected chi connectivity index (χ3v) is 4.16. The zero-order chi connectivity index (χ0) is 14.5. The summed E-state index contributed by atoms with van der Waals surface area (Å²) in [6.07, 6.45) is 2.37. The van der Waals surface area contributed by atoms with Gasteiger partial charge in [-0.1, -0.05) is 15.9 Å². The average Bonchev–Trinajstić information content (AvgIpc) is 2.47. The van der Waals surface area contributed by atoms with Crippen LogP contribution in [0.1, 0.15) is 23.2 Å². The number of rotatable bonds is 4. The second-order valence-corrected chi connectivity index (χ2v) is 6.16. The van der Waals surface area contributed by atoms with E-state index in [4.69, 9.17) is 4.74 Å². The van der Waals surface area contributed by atoms with Crippen LogP contribution in [-0.4, -0.2) is 44.6 Å². The van der Waals surface area contributed by atoms with Crippen LogP contribution in [0.3, 0.4) is 0 Å². The second kappa shape index (κ2) is 7.09. The van der Waals surface area contributed by atoms with Crippen molar-refractivity contribution in [2.24, 2.45) is 5.92 Å². The molecule has 0 bridgehead atoms. The van der Waals surface area contributed by atoms with E-state index < -0.39 is 0 Å². The highest BCUT2D eigenvalue weighted by Crippen LogP contribution is 2.25. The van der Waals surface area contributed by atoms with E-state index in [1.54, 1.807) is 18.1 Å². The van der Waals surface area contributed by atoms with Crippen LogP contribution in [0.5, 0.6) is 5.75 Å². The fourth-order valence-electron chi connectivity index (χ4n) is 2.60. The van der Waals surface area contributed by atoms with E-state index in [9.17, 15) is 4.79 Å². The van der Waals surface area contributed by atoms with E-state index >= 15 is 0 Å². The van der Waals surface area contributed by atoms with Crippen molar-refractivity contribution in [3.63, 3.8) is 0 Å². The lowest BCUT2D eigenvalue weighted by Crippen LogP contribution is -2.39. The summed E-state index contributed by atoms with van der Waals surface area (Å²) in [5, 5.41) is 3.38. The summed E-state index contributed by atoms with van der Waals surface area (Å²) >= 11 is 3.39. The molecule has 5 heteroatoms. The standard InChI is InChI=1S/C15H21BrN2O2/c1-18(10-11-4-3-7-17-9-11)15(19)13-6-5-12(16)8-14(13)20-2/h5-6,8,11,17H,3-4,7,9-10H2,1-2H3. The summed E-state index contributed by atoms with van der Waals surface area (Å²) in [4.78, 5) is 14.3. The van der Waals surface area contributed by atoms with Gasteiger partial charge in [0.05, 0.1) is 12.7 Å². The van der Waals surface area contributed by atoms with Crippen LogP contribution in [0.2, 0.25) is 0 Å². The van der Waals surface area contributed by atoms with Gasteiger partial charge in [-0.2, -0.15) is 0 Å². The Morgan fingerprint density at radius 1 is 1.55 bits per heavy atom. The number of hydrogen-bond acceptors (Lipinski definition) is 3. The average molecular weight is 341 g/mol. The van der Waals surface area contributed by atoms with E-state index in [1.807, 2.05) is 19.2 Å². The molecule has 1 amide bonds. The van der Waals surface area contributed by atoms with Crippen molar-refractivity contribution in [1.29, 1.82) is 0 Å². The van der Waals surface area contributed by atoms with E-state index in [1.165, 1.54) is 12.8 Å². The van der Waals surface area contributed by atoms with Crippen LogP contribution in [0.4, 0.5) is 0 Å². The number of nitrogens with zero attached hydrogens (tertiary/aromatic N) is 1. The normalized spacial score (nSPS) is 18.6. The number of halogens is 1. The Morgan fingerprint density at radius 2 is 2.35 bits per heavy atom. The van der Waals surface area contributed by atoms with E-state index in [-0.39, 0.29) is 5.91 Å². The van der Waals surface area contributed by atoms with Crippen LogP contribution in [0.25, 0.3) is 0 Å². The molecule has 110 valence electrons. The zero-order valence-electron chi connectivity index (χ0n) is 12.0. The molecule has 1 N–H and O–H groups in total. The Hall–Kier alpha value is -1.07. The molecule has 0 saturated carbocycles.